The van der Waals surface area contributed by atoms with Gasteiger partial charge in [0.05, 0.1) is 24.8 Å². The number of aromatic nitrogens is 6. The molecule has 0 saturated carbocycles. The quantitative estimate of drug-likeness (QED) is 0.396. The molecule has 0 spiro atoms. The average Bonchev–Trinajstić information content (AvgIpc) is 3.55. The van der Waals surface area contributed by atoms with Crippen molar-refractivity contribution in [3.05, 3.63) is 17.7 Å². The molecule has 1 N–H and O–H groups in total. The maximum absolute atomic E-state index is 13.1. The Bertz CT molecular complexity index is 1570. The van der Waals surface area contributed by atoms with Crippen molar-refractivity contribution in [2.24, 2.45) is 0 Å². The Labute approximate surface area is 264 Å². The number of fused-ring (bicyclic) bond motifs is 1. The molecule has 5 rings (SSSR count). The molecule has 2 aliphatic rings. The first kappa shape index (κ1) is 32.1. The lowest BCUT2D eigenvalue weighted by atomic mass is 10.2. The molecule has 0 aromatic carbocycles. The van der Waals surface area contributed by atoms with Gasteiger partial charge in [0, 0.05) is 38.6 Å². The Morgan fingerprint density at radius 2 is 1.56 bits per heavy atom. The molecule has 2 aliphatic heterocycles. The number of carboxylic acid groups (broad SMARTS) is 1. The average molecular weight is 646 g/mol. The Hall–Kier alpha value is -4.31. The van der Waals surface area contributed by atoms with Gasteiger partial charge in [0.25, 0.3) is 0 Å². The minimum atomic E-state index is -1.01. The van der Waals surface area contributed by atoms with Crippen LogP contribution in [-0.4, -0.2) is 108 Å². The van der Waals surface area contributed by atoms with Gasteiger partial charge in [-0.2, -0.15) is 0 Å². The minimum absolute atomic E-state index is 0.167. The smallest absolute Gasteiger partial charge is 0.427 e. The van der Waals surface area contributed by atoms with Crippen molar-refractivity contribution >= 4 is 52.8 Å². The molecule has 2 fully saturated rings. The zero-order valence-electron chi connectivity index (χ0n) is 26.0. The number of rotatable bonds is 4. The van der Waals surface area contributed by atoms with Crippen molar-refractivity contribution in [1.29, 1.82) is 0 Å². The van der Waals surface area contributed by atoms with E-state index in [1.54, 1.807) is 46.1 Å². The number of carbonyl (C=O) groups is 3. The number of likely N-dealkylation sites (tertiary alicyclic amines) is 1. The standard InChI is InChI=1S/C28H36ClN9O7/c1-27(2,3)44-25(41)38(26(42)45-28(4,5)6)23-30-13-16(14-31-23)19-33-20(35-9-11-43-12-10-35)18-21(34-19)37(22(29)32-18)17-7-8-36(15-17)24(39)40/h13-14,17H,7-12,15H2,1-6H3,(H,39,40)/t17-/m0/s1. The van der Waals surface area contributed by atoms with Crippen LogP contribution in [0.2, 0.25) is 5.28 Å². The minimum Gasteiger partial charge on any atom is -0.465 e. The lowest BCUT2D eigenvalue weighted by molar-refractivity contribution is 0.0427. The third-order valence-electron chi connectivity index (χ3n) is 6.84. The second kappa shape index (κ2) is 12.2. The molecule has 45 heavy (non-hydrogen) atoms. The van der Waals surface area contributed by atoms with Crippen LogP contribution in [0.5, 0.6) is 0 Å². The van der Waals surface area contributed by atoms with E-state index >= 15 is 0 Å². The molecule has 242 valence electrons. The molecule has 3 aromatic heterocycles. The van der Waals surface area contributed by atoms with E-state index in [4.69, 9.17) is 35.8 Å². The summed E-state index contributed by atoms with van der Waals surface area (Å²) < 4.78 is 18.1. The van der Waals surface area contributed by atoms with Gasteiger partial charge in [-0.3, -0.25) is 4.57 Å². The highest BCUT2D eigenvalue weighted by Gasteiger charge is 2.35. The zero-order valence-corrected chi connectivity index (χ0v) is 26.7. The van der Waals surface area contributed by atoms with Crippen LogP contribution in [0.15, 0.2) is 12.4 Å². The van der Waals surface area contributed by atoms with Gasteiger partial charge in [-0.25, -0.2) is 39.3 Å². The molecule has 3 aromatic rings. The SMILES string of the molecule is CC(C)(C)OC(=O)N(C(=O)OC(C)(C)C)c1ncc(-c2nc(N3CCOCC3)c3nc(Cl)n([C@H]4CCN(C(=O)O)C4)c3n2)cn1. The molecule has 1 atom stereocenters. The van der Waals surface area contributed by atoms with E-state index in [0.29, 0.717) is 66.7 Å². The third-order valence-corrected chi connectivity index (χ3v) is 7.10. The summed E-state index contributed by atoms with van der Waals surface area (Å²) >= 11 is 6.65. The monoisotopic (exact) mass is 645 g/mol. The first-order valence-corrected chi connectivity index (χ1v) is 14.8. The number of halogens is 1. The van der Waals surface area contributed by atoms with Crippen molar-refractivity contribution < 1.29 is 33.7 Å². The maximum Gasteiger partial charge on any atom is 0.427 e. The van der Waals surface area contributed by atoms with Crippen LogP contribution >= 0.6 is 11.6 Å². The summed E-state index contributed by atoms with van der Waals surface area (Å²) in [7, 11) is 0. The number of anilines is 2. The number of hydrogen-bond acceptors (Lipinski definition) is 12. The van der Waals surface area contributed by atoms with E-state index < -0.39 is 29.5 Å². The summed E-state index contributed by atoms with van der Waals surface area (Å²) in [6.45, 7) is 12.7. The van der Waals surface area contributed by atoms with E-state index in [9.17, 15) is 19.5 Å². The first-order valence-electron chi connectivity index (χ1n) is 14.5. The molecule has 0 radical (unpaired) electrons. The van der Waals surface area contributed by atoms with Crippen molar-refractivity contribution in [3.63, 3.8) is 0 Å². The third kappa shape index (κ3) is 7.17. The molecular weight excluding hydrogens is 610 g/mol. The van der Waals surface area contributed by atoms with Crippen molar-refractivity contribution in [2.45, 2.75) is 65.2 Å². The lowest BCUT2D eigenvalue weighted by Crippen LogP contribution is -2.44. The van der Waals surface area contributed by atoms with Crippen LogP contribution in [0.25, 0.3) is 22.6 Å². The number of imidazole rings is 1. The molecule has 0 aliphatic carbocycles. The van der Waals surface area contributed by atoms with Crippen molar-refractivity contribution in [2.75, 3.05) is 49.2 Å². The summed E-state index contributed by atoms with van der Waals surface area (Å²) in [4.78, 5) is 64.5. The molecule has 17 heteroatoms. The van der Waals surface area contributed by atoms with E-state index in [-0.39, 0.29) is 29.6 Å². The van der Waals surface area contributed by atoms with Gasteiger partial charge in [0.15, 0.2) is 22.8 Å². The fraction of sp³-hybridized carbons (Fsp3) is 0.571. The fourth-order valence-corrected chi connectivity index (χ4v) is 5.22. The first-order chi connectivity index (χ1) is 21.1. The van der Waals surface area contributed by atoms with E-state index in [2.05, 4.69) is 15.0 Å². The number of ether oxygens (including phenoxy) is 3. The lowest BCUT2D eigenvalue weighted by Gasteiger charge is -2.28. The number of carbonyl (C=O) groups excluding carboxylic acids is 2. The van der Waals surface area contributed by atoms with Gasteiger partial charge in [-0.05, 0) is 59.6 Å². The largest absolute Gasteiger partial charge is 0.465 e. The van der Waals surface area contributed by atoms with Gasteiger partial charge in [0.1, 0.15) is 11.2 Å². The summed E-state index contributed by atoms with van der Waals surface area (Å²) in [5.74, 6) is 0.507. The van der Waals surface area contributed by atoms with Crippen LogP contribution < -0.4 is 9.80 Å². The predicted molar refractivity (Wildman–Crippen MR) is 163 cm³/mol. The number of imide groups is 1. The van der Waals surface area contributed by atoms with E-state index in [1.807, 2.05) is 4.90 Å². The molecule has 0 bridgehead atoms. The van der Waals surface area contributed by atoms with Gasteiger partial charge in [-0.15, -0.1) is 4.90 Å². The van der Waals surface area contributed by atoms with E-state index in [0.717, 1.165) is 0 Å². The predicted octanol–water partition coefficient (Wildman–Crippen LogP) is 4.37. The van der Waals surface area contributed by atoms with Crippen LogP contribution in [0.1, 0.15) is 54.0 Å². The Morgan fingerprint density at radius 3 is 2.09 bits per heavy atom. The Morgan fingerprint density at radius 1 is 0.956 bits per heavy atom. The highest BCUT2D eigenvalue weighted by atomic mass is 35.5. The summed E-state index contributed by atoms with van der Waals surface area (Å²) in [5, 5.41) is 9.67. The summed E-state index contributed by atoms with van der Waals surface area (Å²) in [6.07, 6.45) is 0.305. The molecule has 0 unspecified atom stereocenters. The van der Waals surface area contributed by atoms with Gasteiger partial charge < -0.3 is 29.1 Å². The molecular formula is C28H36ClN9O7. The maximum atomic E-state index is 13.1. The van der Waals surface area contributed by atoms with Crippen molar-refractivity contribution in [1.82, 2.24) is 34.4 Å². The van der Waals surface area contributed by atoms with Crippen LogP contribution in [0.3, 0.4) is 0 Å². The zero-order chi connectivity index (χ0) is 32.7. The molecule has 3 amide bonds. The number of nitrogens with zero attached hydrogens (tertiary/aromatic N) is 9. The van der Waals surface area contributed by atoms with E-state index in [1.165, 1.54) is 17.3 Å². The Balaban J connectivity index is 1.56. The van der Waals surface area contributed by atoms with Crippen LogP contribution in [0, 0.1) is 0 Å². The fourth-order valence-electron chi connectivity index (χ4n) is 4.91. The second-order valence-electron chi connectivity index (χ2n) is 12.6. The normalized spacial score (nSPS) is 17.4. The highest BCUT2D eigenvalue weighted by molar-refractivity contribution is 6.29. The molecule has 5 heterocycles. The van der Waals surface area contributed by atoms with Gasteiger partial charge in [-0.1, -0.05) is 0 Å². The Kier molecular flexibility index (Phi) is 8.72. The highest BCUT2D eigenvalue weighted by Crippen LogP contribution is 2.35. The second-order valence-corrected chi connectivity index (χ2v) is 13.0. The molecule has 16 nitrogen and oxygen atoms in total. The van der Waals surface area contributed by atoms with Crippen molar-refractivity contribution in [3.8, 4) is 11.4 Å². The number of morpholine rings is 1. The number of hydrogen-bond donors (Lipinski definition) is 1. The van der Waals surface area contributed by atoms with Crippen LogP contribution in [-0.2, 0) is 14.2 Å². The summed E-state index contributed by atoms with van der Waals surface area (Å²) in [6, 6.07) is -0.284. The molecule has 2 saturated heterocycles. The topological polar surface area (TPSA) is 178 Å². The number of amides is 3. The summed E-state index contributed by atoms with van der Waals surface area (Å²) in [5.41, 5.74) is -0.524. The van der Waals surface area contributed by atoms with Crippen LogP contribution in [0.4, 0.5) is 26.1 Å². The van der Waals surface area contributed by atoms with Gasteiger partial charge >= 0.3 is 18.3 Å². The van der Waals surface area contributed by atoms with Gasteiger partial charge in [0.2, 0.25) is 11.2 Å².